The minimum Gasteiger partial charge on any atom is -0.379 e. The van der Waals surface area contributed by atoms with Crippen LogP contribution >= 0.6 is 0 Å². The average Bonchev–Trinajstić information content (AvgIpc) is 2.67. The molecule has 0 saturated carbocycles. The molecule has 0 radical (unpaired) electrons. The Morgan fingerprint density at radius 1 is 1.13 bits per heavy atom. The Morgan fingerprint density at radius 3 is 2.70 bits per heavy atom. The molecule has 0 unspecified atom stereocenters. The van der Waals surface area contributed by atoms with E-state index in [0.29, 0.717) is 30.7 Å². The molecule has 23 heavy (non-hydrogen) atoms. The Morgan fingerprint density at radius 2 is 1.91 bits per heavy atom. The van der Waals surface area contributed by atoms with Gasteiger partial charge < -0.3 is 9.64 Å². The Hall–Kier alpha value is -1.11. The summed E-state index contributed by atoms with van der Waals surface area (Å²) in [5.74, 6) is 0.464. The quantitative estimate of drug-likeness (QED) is 0.848. The number of rotatable bonds is 3. The van der Waals surface area contributed by atoms with Crippen molar-refractivity contribution < 1.29 is 17.9 Å². The summed E-state index contributed by atoms with van der Waals surface area (Å²) in [6.07, 6.45) is -5.02. The third-order valence-electron chi connectivity index (χ3n) is 4.55. The van der Waals surface area contributed by atoms with Crippen LogP contribution in [0.5, 0.6) is 0 Å². The summed E-state index contributed by atoms with van der Waals surface area (Å²) in [6, 6.07) is 7.18. The first kappa shape index (κ1) is 16.7. The van der Waals surface area contributed by atoms with E-state index in [-0.39, 0.29) is 0 Å². The molecule has 0 aromatic heterocycles. The van der Waals surface area contributed by atoms with Gasteiger partial charge in [0, 0.05) is 38.1 Å². The van der Waals surface area contributed by atoms with Crippen molar-refractivity contribution >= 4 is 0 Å². The van der Waals surface area contributed by atoms with Gasteiger partial charge in [0.1, 0.15) is 0 Å². The normalized spacial score (nSPS) is 27.0. The standard InChI is InChI=1S/C17H23F3N2O/c1-21-7-15-9-22(16(10-21)12-23-11-15)8-14-4-2-3-13(5-14)6-17(18,19)20/h2-5,15-16H,6-12H2,1H3/t15-,16-/m0/s1. The second kappa shape index (κ2) is 6.79. The van der Waals surface area contributed by atoms with E-state index in [4.69, 9.17) is 4.74 Å². The Balaban J connectivity index is 1.72. The lowest BCUT2D eigenvalue weighted by atomic mass is 10.1. The maximum absolute atomic E-state index is 12.6. The Bertz CT molecular complexity index is 535. The molecule has 0 aliphatic carbocycles. The zero-order valence-corrected chi connectivity index (χ0v) is 13.4. The molecule has 2 saturated heterocycles. The van der Waals surface area contributed by atoms with Gasteiger partial charge in [-0.2, -0.15) is 13.2 Å². The highest BCUT2D eigenvalue weighted by atomic mass is 19.4. The van der Waals surface area contributed by atoms with Gasteiger partial charge in [-0.15, -0.1) is 0 Å². The number of fused-ring (bicyclic) bond motifs is 3. The first-order valence-corrected chi connectivity index (χ1v) is 8.04. The summed E-state index contributed by atoms with van der Waals surface area (Å²) in [6.45, 7) is 5.05. The van der Waals surface area contributed by atoms with Gasteiger partial charge in [-0.25, -0.2) is 0 Å². The number of hydrogen-bond acceptors (Lipinski definition) is 3. The fraction of sp³-hybridized carbons (Fsp3) is 0.647. The van der Waals surface area contributed by atoms with E-state index in [2.05, 4.69) is 16.8 Å². The summed E-state index contributed by atoms with van der Waals surface area (Å²) >= 11 is 0. The van der Waals surface area contributed by atoms with Crippen LogP contribution in [0.25, 0.3) is 0 Å². The summed E-state index contributed by atoms with van der Waals surface area (Å²) < 4.78 is 43.5. The zero-order chi connectivity index (χ0) is 16.4. The lowest BCUT2D eigenvalue weighted by molar-refractivity contribution is -0.127. The third-order valence-corrected chi connectivity index (χ3v) is 4.55. The summed E-state index contributed by atoms with van der Waals surface area (Å²) in [4.78, 5) is 4.70. The predicted octanol–water partition coefficient (Wildman–Crippen LogP) is 2.55. The highest BCUT2D eigenvalue weighted by molar-refractivity contribution is 5.24. The molecule has 128 valence electrons. The number of ether oxygens (including phenoxy) is 1. The molecule has 2 atom stereocenters. The van der Waals surface area contributed by atoms with E-state index < -0.39 is 12.6 Å². The molecule has 2 bridgehead atoms. The van der Waals surface area contributed by atoms with Crippen molar-refractivity contribution in [1.82, 2.24) is 9.80 Å². The van der Waals surface area contributed by atoms with Gasteiger partial charge in [-0.3, -0.25) is 4.90 Å². The van der Waals surface area contributed by atoms with Gasteiger partial charge in [0.25, 0.3) is 0 Å². The molecule has 3 rings (SSSR count). The minimum absolute atomic E-state index is 0.304. The largest absolute Gasteiger partial charge is 0.393 e. The van der Waals surface area contributed by atoms with Gasteiger partial charge in [0.2, 0.25) is 0 Å². The predicted molar refractivity (Wildman–Crippen MR) is 82.2 cm³/mol. The molecule has 2 heterocycles. The van der Waals surface area contributed by atoms with Crippen molar-refractivity contribution in [2.75, 3.05) is 39.9 Å². The fourth-order valence-electron chi connectivity index (χ4n) is 3.66. The molecular formula is C17H23F3N2O. The van der Waals surface area contributed by atoms with Gasteiger partial charge in [0.05, 0.1) is 19.6 Å². The van der Waals surface area contributed by atoms with Crippen molar-refractivity contribution in [1.29, 1.82) is 0 Å². The van der Waals surface area contributed by atoms with Crippen LogP contribution in [-0.2, 0) is 17.7 Å². The van der Waals surface area contributed by atoms with Gasteiger partial charge in [-0.1, -0.05) is 24.3 Å². The van der Waals surface area contributed by atoms with Crippen LogP contribution in [0.3, 0.4) is 0 Å². The topological polar surface area (TPSA) is 15.7 Å². The summed E-state index contributed by atoms with van der Waals surface area (Å²) in [5, 5.41) is 0. The van der Waals surface area contributed by atoms with Gasteiger partial charge >= 0.3 is 6.18 Å². The molecule has 2 aliphatic heterocycles. The summed E-state index contributed by atoms with van der Waals surface area (Å²) in [7, 11) is 2.12. The van der Waals surface area contributed by atoms with Crippen LogP contribution in [0.4, 0.5) is 13.2 Å². The lowest BCUT2D eigenvalue weighted by Crippen LogP contribution is -2.42. The first-order chi connectivity index (χ1) is 10.9. The number of likely N-dealkylation sites (N-methyl/N-ethyl adjacent to an activating group) is 1. The first-order valence-electron chi connectivity index (χ1n) is 8.04. The van der Waals surface area contributed by atoms with Gasteiger partial charge in [0.15, 0.2) is 0 Å². The van der Waals surface area contributed by atoms with E-state index in [0.717, 1.165) is 31.8 Å². The van der Waals surface area contributed by atoms with Crippen molar-refractivity contribution in [2.45, 2.75) is 25.2 Å². The molecule has 2 fully saturated rings. The van der Waals surface area contributed by atoms with Crippen molar-refractivity contribution in [3.05, 3.63) is 35.4 Å². The number of alkyl halides is 3. The van der Waals surface area contributed by atoms with Crippen LogP contribution in [0.15, 0.2) is 24.3 Å². The maximum atomic E-state index is 12.6. The van der Waals surface area contributed by atoms with Crippen LogP contribution in [0, 0.1) is 5.92 Å². The second-order valence-electron chi connectivity index (χ2n) is 6.82. The molecule has 0 amide bonds. The number of nitrogens with zero attached hydrogens (tertiary/aromatic N) is 2. The van der Waals surface area contributed by atoms with Crippen LogP contribution in [-0.4, -0.2) is 61.9 Å². The van der Waals surface area contributed by atoms with Gasteiger partial charge in [-0.05, 0) is 18.2 Å². The fourth-order valence-corrected chi connectivity index (χ4v) is 3.66. The van der Waals surface area contributed by atoms with E-state index in [1.165, 1.54) is 0 Å². The van der Waals surface area contributed by atoms with E-state index in [9.17, 15) is 13.2 Å². The SMILES string of the molecule is CN1C[C@@H]2COC[C@H](C1)N(Cc1cccc(CC(F)(F)F)c1)C2. The molecule has 2 aliphatic rings. The molecule has 0 spiro atoms. The van der Waals surface area contributed by atoms with E-state index in [1.54, 1.807) is 18.2 Å². The van der Waals surface area contributed by atoms with Crippen molar-refractivity contribution in [2.24, 2.45) is 5.92 Å². The Labute approximate surface area is 135 Å². The van der Waals surface area contributed by atoms with Crippen molar-refractivity contribution in [3.8, 4) is 0 Å². The number of hydrogen-bond donors (Lipinski definition) is 0. The lowest BCUT2D eigenvalue weighted by Gasteiger charge is -2.29. The molecule has 6 heteroatoms. The monoisotopic (exact) mass is 328 g/mol. The maximum Gasteiger partial charge on any atom is 0.393 e. The highest BCUT2D eigenvalue weighted by Crippen LogP contribution is 2.24. The zero-order valence-electron chi connectivity index (χ0n) is 13.4. The molecule has 0 N–H and O–H groups in total. The number of halogens is 3. The van der Waals surface area contributed by atoms with Crippen molar-refractivity contribution in [3.63, 3.8) is 0 Å². The van der Waals surface area contributed by atoms with Crippen LogP contribution in [0.1, 0.15) is 11.1 Å². The number of benzene rings is 1. The molecule has 1 aromatic carbocycles. The average molecular weight is 328 g/mol. The van der Waals surface area contributed by atoms with Crippen LogP contribution < -0.4 is 0 Å². The highest BCUT2D eigenvalue weighted by Gasteiger charge is 2.32. The third kappa shape index (κ3) is 4.68. The molecular weight excluding hydrogens is 305 g/mol. The van der Waals surface area contributed by atoms with E-state index >= 15 is 0 Å². The minimum atomic E-state index is -4.16. The molecule has 3 nitrogen and oxygen atoms in total. The van der Waals surface area contributed by atoms with E-state index in [1.807, 2.05) is 6.07 Å². The smallest absolute Gasteiger partial charge is 0.379 e. The van der Waals surface area contributed by atoms with Crippen LogP contribution in [0.2, 0.25) is 0 Å². The second-order valence-corrected chi connectivity index (χ2v) is 6.82. The summed E-state index contributed by atoms with van der Waals surface area (Å²) in [5.41, 5.74) is 1.28. The Kier molecular flexibility index (Phi) is 4.94. The molecule has 1 aromatic rings.